The lowest BCUT2D eigenvalue weighted by molar-refractivity contribution is 0.249. The van der Waals surface area contributed by atoms with Gasteiger partial charge in [0.2, 0.25) is 0 Å². The van der Waals surface area contributed by atoms with E-state index in [0.717, 1.165) is 18.2 Å². The van der Waals surface area contributed by atoms with Gasteiger partial charge in [0, 0.05) is 19.6 Å². The van der Waals surface area contributed by atoms with Crippen molar-refractivity contribution in [2.24, 2.45) is 5.73 Å². The summed E-state index contributed by atoms with van der Waals surface area (Å²) in [4.78, 5) is 14.7. The predicted octanol–water partition coefficient (Wildman–Crippen LogP) is 0.594. The van der Waals surface area contributed by atoms with E-state index in [9.17, 15) is 4.79 Å². The summed E-state index contributed by atoms with van der Waals surface area (Å²) in [6.07, 6.45) is 0. The van der Waals surface area contributed by atoms with Gasteiger partial charge in [0.25, 0.3) is 0 Å². The number of amides is 2. The lowest BCUT2D eigenvalue weighted by Crippen LogP contribution is -2.33. The van der Waals surface area contributed by atoms with Crippen molar-refractivity contribution in [2.45, 2.75) is 6.92 Å². The van der Waals surface area contributed by atoms with Crippen LogP contribution in [0.25, 0.3) is 0 Å². The average Bonchev–Trinajstić information content (AvgIpc) is 2.25. The van der Waals surface area contributed by atoms with Gasteiger partial charge < -0.3 is 21.7 Å². The number of nitrogens with zero attached hydrogens (tertiary/aromatic N) is 1. The predicted molar refractivity (Wildman–Crippen MR) is 64.5 cm³/mol. The van der Waals surface area contributed by atoms with Crippen molar-refractivity contribution in [2.75, 3.05) is 30.3 Å². The van der Waals surface area contributed by atoms with Crippen LogP contribution in [0.1, 0.15) is 6.92 Å². The van der Waals surface area contributed by atoms with Crippen LogP contribution in [0, 0.1) is 0 Å². The Hall–Kier alpha value is -1.98. The maximum Gasteiger partial charge on any atom is 0.312 e. The van der Waals surface area contributed by atoms with Crippen molar-refractivity contribution in [3.05, 3.63) is 18.2 Å². The second-order valence-corrected chi connectivity index (χ2v) is 3.16. The van der Waals surface area contributed by atoms with E-state index < -0.39 is 6.03 Å². The number of nitrogens with two attached hydrogens (primary N) is 1. The first-order valence-corrected chi connectivity index (χ1v) is 5.20. The van der Waals surface area contributed by atoms with E-state index in [1.807, 2.05) is 25.1 Å². The molecule has 88 valence electrons. The van der Waals surface area contributed by atoms with E-state index in [4.69, 9.17) is 5.73 Å². The number of carbonyl (C=O) groups excluding carboxylic acids is 1. The Bertz CT molecular complexity index is 342. The molecule has 6 heteroatoms. The molecule has 0 aliphatic rings. The quantitative estimate of drug-likeness (QED) is 0.531. The number of anilines is 2. The van der Waals surface area contributed by atoms with E-state index >= 15 is 0 Å². The Kier molecular flexibility index (Phi) is 4.91. The molecule has 0 unspecified atom stereocenters. The number of hydrogen-bond donors (Lipinski definition) is 4. The van der Waals surface area contributed by atoms with Gasteiger partial charge in [-0.25, -0.2) is 9.78 Å². The van der Waals surface area contributed by atoms with Gasteiger partial charge in [-0.3, -0.25) is 0 Å². The molecule has 0 aliphatic heterocycles. The number of nitrogens with one attached hydrogen (secondary N) is 3. The van der Waals surface area contributed by atoms with E-state index in [1.165, 1.54) is 0 Å². The number of pyridine rings is 1. The molecule has 0 saturated heterocycles. The van der Waals surface area contributed by atoms with Gasteiger partial charge in [-0.2, -0.15) is 0 Å². The fourth-order valence-electron chi connectivity index (χ4n) is 1.19. The minimum atomic E-state index is -0.517. The number of urea groups is 1. The second kappa shape index (κ2) is 6.49. The number of hydrogen-bond acceptors (Lipinski definition) is 4. The lowest BCUT2D eigenvalue weighted by Gasteiger charge is -2.08. The highest BCUT2D eigenvalue weighted by atomic mass is 16.2. The molecule has 1 aromatic heterocycles. The number of primary amides is 1. The summed E-state index contributed by atoms with van der Waals surface area (Å²) in [5.74, 6) is 1.60. The Labute approximate surface area is 94.6 Å². The molecule has 0 spiro atoms. The van der Waals surface area contributed by atoms with Gasteiger partial charge >= 0.3 is 6.03 Å². The summed E-state index contributed by atoms with van der Waals surface area (Å²) >= 11 is 0. The molecule has 0 radical (unpaired) electrons. The van der Waals surface area contributed by atoms with Crippen LogP contribution in [0.15, 0.2) is 18.2 Å². The molecule has 5 N–H and O–H groups in total. The molecular weight excluding hydrogens is 206 g/mol. The monoisotopic (exact) mass is 223 g/mol. The van der Waals surface area contributed by atoms with Gasteiger partial charge in [-0.05, 0) is 19.1 Å². The van der Waals surface area contributed by atoms with Gasteiger partial charge in [0.05, 0.1) is 0 Å². The van der Waals surface area contributed by atoms with E-state index in [-0.39, 0.29) is 0 Å². The lowest BCUT2D eigenvalue weighted by atomic mass is 10.4. The molecule has 1 heterocycles. The molecule has 0 atom stereocenters. The Balaban J connectivity index is 2.35. The number of rotatable bonds is 6. The zero-order chi connectivity index (χ0) is 11.8. The van der Waals surface area contributed by atoms with Crippen LogP contribution >= 0.6 is 0 Å². The summed E-state index contributed by atoms with van der Waals surface area (Å²) in [5.41, 5.74) is 4.93. The summed E-state index contributed by atoms with van der Waals surface area (Å²) < 4.78 is 0. The SMILES string of the molecule is CCNc1cccc(NCCNC(N)=O)n1. The van der Waals surface area contributed by atoms with Crippen molar-refractivity contribution in [1.29, 1.82) is 0 Å². The van der Waals surface area contributed by atoms with Crippen LogP contribution in [0.2, 0.25) is 0 Å². The summed E-state index contributed by atoms with van der Waals surface area (Å²) in [7, 11) is 0. The van der Waals surface area contributed by atoms with E-state index in [1.54, 1.807) is 0 Å². The number of aromatic nitrogens is 1. The largest absolute Gasteiger partial charge is 0.370 e. The van der Waals surface area contributed by atoms with Crippen molar-refractivity contribution in [1.82, 2.24) is 10.3 Å². The third-order valence-electron chi connectivity index (χ3n) is 1.84. The normalized spacial score (nSPS) is 9.56. The minimum Gasteiger partial charge on any atom is -0.370 e. The summed E-state index contributed by atoms with van der Waals surface area (Å²) in [5, 5.41) is 8.68. The molecule has 16 heavy (non-hydrogen) atoms. The Morgan fingerprint density at radius 1 is 1.31 bits per heavy atom. The Morgan fingerprint density at radius 3 is 2.62 bits per heavy atom. The fourth-order valence-corrected chi connectivity index (χ4v) is 1.19. The van der Waals surface area contributed by atoms with Crippen molar-refractivity contribution in [3.8, 4) is 0 Å². The van der Waals surface area contributed by atoms with Gasteiger partial charge in [-0.1, -0.05) is 6.07 Å². The molecule has 0 fully saturated rings. The van der Waals surface area contributed by atoms with E-state index in [0.29, 0.717) is 13.1 Å². The van der Waals surface area contributed by atoms with Crippen LogP contribution < -0.4 is 21.7 Å². The van der Waals surface area contributed by atoms with Crippen LogP contribution in [0.5, 0.6) is 0 Å². The topological polar surface area (TPSA) is 92.1 Å². The molecule has 1 aromatic rings. The van der Waals surface area contributed by atoms with Gasteiger partial charge in [0.1, 0.15) is 11.6 Å². The maximum atomic E-state index is 10.4. The second-order valence-electron chi connectivity index (χ2n) is 3.16. The molecular formula is C10H17N5O. The Morgan fingerprint density at radius 2 is 2.00 bits per heavy atom. The van der Waals surface area contributed by atoms with Crippen LogP contribution in [-0.4, -0.2) is 30.6 Å². The van der Waals surface area contributed by atoms with Crippen molar-refractivity contribution in [3.63, 3.8) is 0 Å². The molecule has 0 aliphatic carbocycles. The first-order valence-electron chi connectivity index (χ1n) is 5.20. The third kappa shape index (κ3) is 4.50. The first-order chi connectivity index (χ1) is 7.72. The smallest absolute Gasteiger partial charge is 0.312 e. The number of carbonyl (C=O) groups is 1. The molecule has 6 nitrogen and oxygen atoms in total. The third-order valence-corrected chi connectivity index (χ3v) is 1.84. The van der Waals surface area contributed by atoms with Crippen LogP contribution in [0.4, 0.5) is 16.4 Å². The fraction of sp³-hybridized carbons (Fsp3) is 0.400. The van der Waals surface area contributed by atoms with Gasteiger partial charge in [-0.15, -0.1) is 0 Å². The molecule has 0 saturated carbocycles. The van der Waals surface area contributed by atoms with Gasteiger partial charge in [0.15, 0.2) is 0 Å². The van der Waals surface area contributed by atoms with E-state index in [2.05, 4.69) is 20.9 Å². The van der Waals surface area contributed by atoms with Crippen molar-refractivity contribution >= 4 is 17.7 Å². The highest BCUT2D eigenvalue weighted by Gasteiger charge is 1.96. The minimum absolute atomic E-state index is 0.475. The molecule has 2 amide bonds. The highest BCUT2D eigenvalue weighted by molar-refractivity contribution is 5.71. The zero-order valence-corrected chi connectivity index (χ0v) is 9.29. The van der Waals surface area contributed by atoms with Crippen LogP contribution in [-0.2, 0) is 0 Å². The van der Waals surface area contributed by atoms with Crippen molar-refractivity contribution < 1.29 is 4.79 Å². The first kappa shape index (κ1) is 12.1. The average molecular weight is 223 g/mol. The standard InChI is InChI=1S/C10H17N5O/c1-2-12-8-4-3-5-9(15-8)13-6-7-14-10(11)16/h3-5H,2,6-7H2,1H3,(H3,11,14,16)(H2,12,13,15). The highest BCUT2D eigenvalue weighted by Crippen LogP contribution is 2.07. The zero-order valence-electron chi connectivity index (χ0n) is 9.29. The molecule has 1 rings (SSSR count). The van der Waals surface area contributed by atoms with Crippen LogP contribution in [0.3, 0.4) is 0 Å². The maximum absolute atomic E-state index is 10.4. The molecule has 0 aromatic carbocycles. The summed E-state index contributed by atoms with van der Waals surface area (Å²) in [6.45, 7) is 3.91. The summed E-state index contributed by atoms with van der Waals surface area (Å²) in [6, 6.07) is 5.16. The molecule has 0 bridgehead atoms.